The normalized spacial score (nSPS) is 16.0. The minimum absolute atomic E-state index is 0.128. The van der Waals surface area contributed by atoms with E-state index in [1.54, 1.807) is 21.3 Å². The zero-order chi connectivity index (χ0) is 20.4. The van der Waals surface area contributed by atoms with Crippen LogP contribution in [0.3, 0.4) is 0 Å². The topological polar surface area (TPSA) is 57.2 Å². The number of rotatable bonds is 6. The first kappa shape index (κ1) is 19.6. The van der Waals surface area contributed by atoms with Crippen LogP contribution in [0.1, 0.15) is 22.9 Å². The number of ether oxygens (including phenoxy) is 4. The molecule has 0 spiro atoms. The van der Waals surface area contributed by atoms with Gasteiger partial charge in [0, 0.05) is 27.7 Å². The third-order valence-corrected chi connectivity index (χ3v) is 5.80. The van der Waals surface area contributed by atoms with Crippen LogP contribution in [0.2, 0.25) is 0 Å². The molecule has 1 atom stereocenters. The van der Waals surface area contributed by atoms with Crippen molar-refractivity contribution in [3.8, 4) is 17.2 Å². The van der Waals surface area contributed by atoms with E-state index in [-0.39, 0.29) is 6.04 Å². The van der Waals surface area contributed by atoms with Crippen LogP contribution >= 0.6 is 0 Å². The molecule has 2 aromatic carbocycles. The summed E-state index contributed by atoms with van der Waals surface area (Å²) in [6.07, 6.45) is 0. The number of benzene rings is 2. The first-order valence-corrected chi connectivity index (χ1v) is 9.97. The Morgan fingerprint density at radius 2 is 1.62 bits per heavy atom. The average Bonchev–Trinajstić information content (AvgIpc) is 3.09. The van der Waals surface area contributed by atoms with Gasteiger partial charge in [0.05, 0.1) is 34.5 Å². The zero-order valence-corrected chi connectivity index (χ0v) is 17.5. The molecule has 2 heterocycles. The molecule has 0 unspecified atom stereocenters. The Bertz CT molecular complexity index is 967. The number of aromatic amines is 1. The van der Waals surface area contributed by atoms with Crippen molar-refractivity contribution in [1.29, 1.82) is 0 Å². The van der Waals surface area contributed by atoms with E-state index >= 15 is 0 Å². The molecule has 6 heteroatoms. The number of fused-ring (bicyclic) bond motifs is 1. The molecule has 0 aliphatic carbocycles. The molecule has 1 aliphatic heterocycles. The van der Waals surface area contributed by atoms with Crippen molar-refractivity contribution in [1.82, 2.24) is 4.98 Å². The summed E-state index contributed by atoms with van der Waals surface area (Å²) in [6, 6.07) is 12.8. The summed E-state index contributed by atoms with van der Waals surface area (Å²) >= 11 is 0. The standard InChI is InChI=1S/C23H28N2O4/c1-15-21(17-7-5-6-8-18(17)24-15)22(25-9-11-29-12-10-25)16-13-19(26-2)23(28-4)20(14-16)27-3/h5-8,13-14,22,24H,9-12H2,1-4H3/p+1/t22-/m1/s1. The minimum atomic E-state index is 0.128. The van der Waals surface area contributed by atoms with Gasteiger partial charge < -0.3 is 28.8 Å². The molecule has 0 saturated carbocycles. The maximum Gasteiger partial charge on any atom is 0.203 e. The molecule has 1 saturated heterocycles. The highest BCUT2D eigenvalue weighted by Crippen LogP contribution is 2.41. The number of hydrogen-bond acceptors (Lipinski definition) is 4. The SMILES string of the molecule is COc1cc([C@H](c2c(C)[nH]c3ccccc23)[NH+]2CCOCC2)cc(OC)c1OC. The fourth-order valence-electron chi connectivity index (χ4n) is 4.47. The second-order valence-corrected chi connectivity index (χ2v) is 7.37. The highest BCUT2D eigenvalue weighted by atomic mass is 16.5. The fraction of sp³-hybridized carbons (Fsp3) is 0.391. The van der Waals surface area contributed by atoms with Crippen LogP contribution in [-0.4, -0.2) is 52.6 Å². The van der Waals surface area contributed by atoms with Crippen LogP contribution in [0.5, 0.6) is 17.2 Å². The van der Waals surface area contributed by atoms with Crippen molar-refractivity contribution in [3.63, 3.8) is 0 Å². The minimum Gasteiger partial charge on any atom is -0.493 e. The number of para-hydroxylation sites is 1. The van der Waals surface area contributed by atoms with Crippen molar-refractivity contribution in [2.24, 2.45) is 0 Å². The van der Waals surface area contributed by atoms with E-state index in [4.69, 9.17) is 18.9 Å². The van der Waals surface area contributed by atoms with Gasteiger partial charge in [-0.05, 0) is 25.1 Å². The molecule has 1 aromatic heterocycles. The van der Waals surface area contributed by atoms with Crippen LogP contribution in [0.25, 0.3) is 10.9 Å². The number of aryl methyl sites for hydroxylation is 1. The van der Waals surface area contributed by atoms with Crippen LogP contribution in [0.15, 0.2) is 36.4 Å². The lowest BCUT2D eigenvalue weighted by Gasteiger charge is -2.32. The van der Waals surface area contributed by atoms with Gasteiger partial charge in [-0.3, -0.25) is 0 Å². The summed E-state index contributed by atoms with van der Waals surface area (Å²) in [5.74, 6) is 1.97. The lowest BCUT2D eigenvalue weighted by Crippen LogP contribution is -3.14. The molecule has 1 aliphatic rings. The number of aromatic nitrogens is 1. The summed E-state index contributed by atoms with van der Waals surface area (Å²) in [7, 11) is 4.96. The first-order valence-electron chi connectivity index (χ1n) is 9.97. The van der Waals surface area contributed by atoms with E-state index in [9.17, 15) is 0 Å². The molecule has 3 aromatic rings. The lowest BCUT2D eigenvalue weighted by molar-refractivity contribution is -0.933. The maximum absolute atomic E-state index is 5.65. The van der Waals surface area contributed by atoms with Gasteiger partial charge in [0.2, 0.25) is 5.75 Å². The Hall–Kier alpha value is -2.70. The van der Waals surface area contributed by atoms with E-state index in [1.807, 2.05) is 0 Å². The van der Waals surface area contributed by atoms with Crippen molar-refractivity contribution >= 4 is 10.9 Å². The summed E-state index contributed by atoms with van der Waals surface area (Å²) in [5.41, 5.74) is 4.80. The van der Waals surface area contributed by atoms with Crippen LogP contribution in [-0.2, 0) is 4.74 Å². The van der Waals surface area contributed by atoms with Crippen molar-refractivity contribution < 1.29 is 23.8 Å². The molecule has 6 nitrogen and oxygen atoms in total. The third kappa shape index (κ3) is 3.54. The molecule has 0 bridgehead atoms. The van der Waals surface area contributed by atoms with Gasteiger partial charge in [0.15, 0.2) is 11.5 Å². The van der Waals surface area contributed by atoms with Gasteiger partial charge >= 0.3 is 0 Å². The summed E-state index contributed by atoms with van der Waals surface area (Å²) in [5, 5.41) is 1.25. The van der Waals surface area contributed by atoms with Gasteiger partial charge in [-0.2, -0.15) is 0 Å². The number of morpholine rings is 1. The zero-order valence-electron chi connectivity index (χ0n) is 17.5. The van der Waals surface area contributed by atoms with Gasteiger partial charge in [-0.25, -0.2) is 0 Å². The largest absolute Gasteiger partial charge is 0.493 e. The van der Waals surface area contributed by atoms with Crippen molar-refractivity contribution in [2.75, 3.05) is 47.6 Å². The predicted molar refractivity (Wildman–Crippen MR) is 112 cm³/mol. The van der Waals surface area contributed by atoms with Gasteiger partial charge in [-0.1, -0.05) is 18.2 Å². The van der Waals surface area contributed by atoms with E-state index < -0.39 is 0 Å². The molecule has 0 radical (unpaired) electrons. The van der Waals surface area contributed by atoms with Crippen LogP contribution in [0.4, 0.5) is 0 Å². The summed E-state index contributed by atoms with van der Waals surface area (Å²) < 4.78 is 22.5. The number of quaternary nitrogens is 1. The molecule has 4 rings (SSSR count). The Morgan fingerprint density at radius 3 is 2.24 bits per heavy atom. The quantitative estimate of drug-likeness (QED) is 0.671. The van der Waals surface area contributed by atoms with E-state index in [2.05, 4.69) is 48.3 Å². The number of hydrogen-bond donors (Lipinski definition) is 2. The second kappa shape index (κ2) is 8.35. The van der Waals surface area contributed by atoms with Crippen LogP contribution < -0.4 is 19.1 Å². The predicted octanol–water partition coefficient (Wildman–Crippen LogP) is 2.51. The van der Waals surface area contributed by atoms with Crippen molar-refractivity contribution in [2.45, 2.75) is 13.0 Å². The Labute approximate surface area is 171 Å². The molecule has 0 amide bonds. The molecular weight excluding hydrogens is 368 g/mol. The number of H-pyrrole nitrogens is 1. The van der Waals surface area contributed by atoms with Gasteiger partial charge in [-0.15, -0.1) is 0 Å². The van der Waals surface area contributed by atoms with Gasteiger partial charge in [0.1, 0.15) is 19.1 Å². The Balaban J connectivity index is 1.93. The van der Waals surface area contributed by atoms with E-state index in [1.165, 1.54) is 21.5 Å². The molecule has 154 valence electrons. The monoisotopic (exact) mass is 397 g/mol. The highest BCUT2D eigenvalue weighted by Gasteiger charge is 2.33. The summed E-state index contributed by atoms with van der Waals surface area (Å²) in [4.78, 5) is 5.04. The second-order valence-electron chi connectivity index (χ2n) is 7.37. The molecular formula is C23H29N2O4+. The third-order valence-electron chi connectivity index (χ3n) is 5.80. The average molecular weight is 397 g/mol. The highest BCUT2D eigenvalue weighted by molar-refractivity contribution is 5.85. The number of nitrogens with one attached hydrogen (secondary N) is 2. The molecule has 1 fully saturated rings. The smallest absolute Gasteiger partial charge is 0.203 e. The van der Waals surface area contributed by atoms with E-state index in [0.29, 0.717) is 17.2 Å². The van der Waals surface area contributed by atoms with E-state index in [0.717, 1.165) is 37.4 Å². The van der Waals surface area contributed by atoms with Crippen LogP contribution in [0, 0.1) is 6.92 Å². The number of methoxy groups -OCH3 is 3. The molecule has 29 heavy (non-hydrogen) atoms. The van der Waals surface area contributed by atoms with Crippen molar-refractivity contribution in [3.05, 3.63) is 53.2 Å². The Kier molecular flexibility index (Phi) is 5.65. The molecule has 2 N–H and O–H groups in total. The maximum atomic E-state index is 5.65. The Morgan fingerprint density at radius 1 is 0.966 bits per heavy atom. The lowest BCUT2D eigenvalue weighted by atomic mass is 9.93. The first-order chi connectivity index (χ1) is 14.2. The fourth-order valence-corrected chi connectivity index (χ4v) is 4.47. The summed E-state index contributed by atoms with van der Waals surface area (Å²) in [6.45, 7) is 5.57. The van der Waals surface area contributed by atoms with Gasteiger partial charge in [0.25, 0.3) is 0 Å².